The number of hydrogen-bond acceptors (Lipinski definition) is 5. The van der Waals surface area contributed by atoms with Crippen LogP contribution in [0.5, 0.6) is 0 Å². The number of carbonyl (C=O) groups is 1. The Morgan fingerprint density at radius 1 is 1.20 bits per heavy atom. The normalized spacial score (nSPS) is 11.0. The average Bonchev–Trinajstić information content (AvgIpc) is 3.21. The van der Waals surface area contributed by atoms with Crippen molar-refractivity contribution >= 4 is 49.5 Å². The van der Waals surface area contributed by atoms with Gasteiger partial charge in [-0.3, -0.25) is 10.1 Å². The highest BCUT2D eigenvalue weighted by atomic mass is 79.9. The Morgan fingerprint density at radius 3 is 2.80 bits per heavy atom. The number of hydrogen-bond donors (Lipinski definition) is 1. The molecule has 0 spiro atoms. The number of aryl methyl sites for hydroxylation is 1. The second-order valence-corrected chi connectivity index (χ2v) is 7.11. The number of halogens is 1. The fraction of sp³-hybridized carbons (Fsp3) is 0.0556. The van der Waals surface area contributed by atoms with Crippen molar-refractivity contribution in [3.63, 3.8) is 0 Å². The van der Waals surface area contributed by atoms with E-state index >= 15 is 0 Å². The van der Waals surface area contributed by atoms with Crippen LogP contribution in [0.15, 0.2) is 57.4 Å². The molecule has 5 nitrogen and oxygen atoms in total. The smallest absolute Gasteiger partial charge is 0.293 e. The highest BCUT2D eigenvalue weighted by molar-refractivity contribution is 9.10. The van der Waals surface area contributed by atoms with Gasteiger partial charge in [-0.1, -0.05) is 46.3 Å². The van der Waals surface area contributed by atoms with Crippen LogP contribution in [0.2, 0.25) is 0 Å². The zero-order chi connectivity index (χ0) is 17.4. The van der Waals surface area contributed by atoms with Gasteiger partial charge < -0.3 is 4.42 Å². The summed E-state index contributed by atoms with van der Waals surface area (Å²) in [7, 11) is 0. The Bertz CT molecular complexity index is 1070. The van der Waals surface area contributed by atoms with E-state index in [1.54, 1.807) is 0 Å². The molecular weight excluding hydrogens is 402 g/mol. The summed E-state index contributed by atoms with van der Waals surface area (Å²) in [6.45, 7) is 1.86. The lowest BCUT2D eigenvalue weighted by Gasteiger charge is -1.98. The second kappa shape index (κ2) is 6.42. The molecule has 0 fully saturated rings. The zero-order valence-electron chi connectivity index (χ0n) is 13.1. The molecule has 25 heavy (non-hydrogen) atoms. The molecule has 124 valence electrons. The van der Waals surface area contributed by atoms with E-state index in [9.17, 15) is 4.79 Å². The van der Waals surface area contributed by atoms with Gasteiger partial charge >= 0.3 is 0 Å². The van der Waals surface area contributed by atoms with Gasteiger partial charge in [0, 0.05) is 32.5 Å². The zero-order valence-corrected chi connectivity index (χ0v) is 15.5. The van der Waals surface area contributed by atoms with Crippen LogP contribution in [0.4, 0.5) is 5.13 Å². The van der Waals surface area contributed by atoms with Gasteiger partial charge in [0.2, 0.25) is 5.13 Å². The Balaban J connectivity index is 1.61. The maximum atomic E-state index is 12.6. The Morgan fingerprint density at radius 2 is 2.00 bits per heavy atom. The largest absolute Gasteiger partial charge is 0.451 e. The number of rotatable bonds is 3. The third kappa shape index (κ3) is 3.08. The molecule has 0 atom stereocenters. The van der Waals surface area contributed by atoms with E-state index in [4.69, 9.17) is 4.42 Å². The minimum atomic E-state index is -0.333. The van der Waals surface area contributed by atoms with Crippen molar-refractivity contribution in [2.45, 2.75) is 6.92 Å². The number of fused-ring (bicyclic) bond motifs is 1. The molecule has 0 saturated heterocycles. The molecule has 7 heteroatoms. The number of furan rings is 1. The first-order valence-corrected chi connectivity index (χ1v) is 9.07. The summed E-state index contributed by atoms with van der Waals surface area (Å²) < 4.78 is 10.9. The highest BCUT2D eigenvalue weighted by Gasteiger charge is 2.19. The van der Waals surface area contributed by atoms with Gasteiger partial charge in [0.1, 0.15) is 5.58 Å². The van der Waals surface area contributed by atoms with Gasteiger partial charge in [0.05, 0.1) is 0 Å². The molecule has 0 aliphatic carbocycles. The fourth-order valence-electron chi connectivity index (χ4n) is 2.54. The van der Waals surface area contributed by atoms with Crippen LogP contribution in [0.1, 0.15) is 16.1 Å². The van der Waals surface area contributed by atoms with Crippen molar-refractivity contribution in [3.05, 3.63) is 64.3 Å². The lowest BCUT2D eigenvalue weighted by molar-refractivity contribution is 0.0998. The van der Waals surface area contributed by atoms with Crippen LogP contribution in [0.3, 0.4) is 0 Å². The van der Waals surface area contributed by atoms with Crippen LogP contribution in [-0.2, 0) is 0 Å². The topological polar surface area (TPSA) is 68.0 Å². The summed E-state index contributed by atoms with van der Waals surface area (Å²) in [6, 6.07) is 15.3. The Labute approximate surface area is 156 Å². The third-order valence-corrected chi connectivity index (χ3v) is 4.91. The molecule has 0 aliphatic rings. The molecule has 0 saturated carbocycles. The molecule has 4 aromatic rings. The maximum absolute atomic E-state index is 12.6. The summed E-state index contributed by atoms with van der Waals surface area (Å²) in [6.07, 6.45) is 0. The van der Waals surface area contributed by atoms with Gasteiger partial charge in [-0.25, -0.2) is 0 Å². The van der Waals surface area contributed by atoms with Gasteiger partial charge in [-0.15, -0.1) is 0 Å². The SMILES string of the molecule is Cc1c(C(=O)Nc2nc(-c3ccccc3)ns2)oc2ccc(Br)cc12. The Hall–Kier alpha value is -2.51. The molecule has 2 aromatic heterocycles. The third-order valence-electron chi connectivity index (χ3n) is 3.78. The quantitative estimate of drug-likeness (QED) is 0.496. The molecule has 1 amide bonds. The minimum absolute atomic E-state index is 0.282. The van der Waals surface area contributed by atoms with Crippen molar-refractivity contribution in [2.75, 3.05) is 5.32 Å². The highest BCUT2D eigenvalue weighted by Crippen LogP contribution is 2.29. The van der Waals surface area contributed by atoms with E-state index in [2.05, 4.69) is 30.6 Å². The first-order valence-electron chi connectivity index (χ1n) is 7.51. The molecule has 0 radical (unpaired) electrons. The van der Waals surface area contributed by atoms with Crippen molar-refractivity contribution in [3.8, 4) is 11.4 Å². The maximum Gasteiger partial charge on any atom is 0.293 e. The summed E-state index contributed by atoms with van der Waals surface area (Å²) in [5.74, 6) is 0.538. The first-order chi connectivity index (χ1) is 12.1. The number of nitrogens with zero attached hydrogens (tertiary/aromatic N) is 2. The predicted octanol–water partition coefficient (Wildman–Crippen LogP) is 5.27. The van der Waals surface area contributed by atoms with Crippen molar-refractivity contribution in [1.82, 2.24) is 9.36 Å². The van der Waals surface area contributed by atoms with Crippen molar-refractivity contribution in [2.24, 2.45) is 0 Å². The van der Waals surface area contributed by atoms with Crippen LogP contribution in [-0.4, -0.2) is 15.3 Å². The summed E-state index contributed by atoms with van der Waals surface area (Å²) in [5.41, 5.74) is 2.37. The van der Waals surface area contributed by atoms with E-state index in [0.29, 0.717) is 16.5 Å². The van der Waals surface area contributed by atoms with Crippen LogP contribution >= 0.6 is 27.5 Å². The number of nitrogens with one attached hydrogen (secondary N) is 1. The Kier molecular flexibility index (Phi) is 4.10. The van der Waals surface area contributed by atoms with E-state index in [-0.39, 0.29) is 11.7 Å². The van der Waals surface area contributed by atoms with Crippen molar-refractivity contribution in [1.29, 1.82) is 0 Å². The number of anilines is 1. The standard InChI is InChI=1S/C18H12BrN3O2S/c1-10-13-9-12(19)7-8-14(13)24-15(10)17(23)21-18-20-16(22-25-18)11-5-3-2-4-6-11/h2-9H,1H3,(H,20,21,22,23). The molecule has 1 N–H and O–H groups in total. The molecule has 0 unspecified atom stereocenters. The van der Waals surface area contributed by atoms with E-state index in [1.165, 1.54) is 0 Å². The lowest BCUT2D eigenvalue weighted by Crippen LogP contribution is -2.11. The fourth-order valence-corrected chi connectivity index (χ4v) is 3.49. The van der Waals surface area contributed by atoms with Crippen molar-refractivity contribution < 1.29 is 9.21 Å². The lowest BCUT2D eigenvalue weighted by atomic mass is 10.1. The van der Waals surface area contributed by atoms with Gasteiger partial charge in [-0.2, -0.15) is 9.36 Å². The summed E-state index contributed by atoms with van der Waals surface area (Å²) >= 11 is 4.57. The van der Waals surface area contributed by atoms with Gasteiger partial charge in [-0.05, 0) is 25.1 Å². The molecule has 0 aliphatic heterocycles. The molecule has 2 aromatic carbocycles. The molecule has 2 heterocycles. The number of carbonyl (C=O) groups excluding carboxylic acids is 1. The van der Waals surface area contributed by atoms with Gasteiger partial charge in [0.25, 0.3) is 5.91 Å². The van der Waals surface area contributed by atoms with Crippen LogP contribution in [0, 0.1) is 6.92 Å². The monoisotopic (exact) mass is 413 g/mol. The number of amides is 1. The van der Waals surface area contributed by atoms with E-state index < -0.39 is 0 Å². The average molecular weight is 414 g/mol. The first kappa shape index (κ1) is 16.0. The molecular formula is C18H12BrN3O2S. The molecule has 4 rings (SSSR count). The summed E-state index contributed by atoms with van der Waals surface area (Å²) in [4.78, 5) is 16.9. The molecule has 0 bridgehead atoms. The minimum Gasteiger partial charge on any atom is -0.451 e. The number of benzene rings is 2. The van der Waals surface area contributed by atoms with E-state index in [1.807, 2.05) is 55.5 Å². The van der Waals surface area contributed by atoms with E-state index in [0.717, 1.165) is 32.5 Å². The second-order valence-electron chi connectivity index (χ2n) is 5.44. The number of aromatic nitrogens is 2. The van der Waals surface area contributed by atoms with Crippen LogP contribution < -0.4 is 5.32 Å². The van der Waals surface area contributed by atoms with Gasteiger partial charge in [0.15, 0.2) is 11.6 Å². The summed E-state index contributed by atoms with van der Waals surface area (Å²) in [5, 5.41) is 4.10. The van der Waals surface area contributed by atoms with Crippen LogP contribution in [0.25, 0.3) is 22.4 Å². The predicted molar refractivity (Wildman–Crippen MR) is 102 cm³/mol.